The SMILES string of the molecule is C1=CC(c2nnns2)=N[N]1. The molecule has 0 spiro atoms. The van der Waals surface area contributed by atoms with E-state index >= 15 is 0 Å². The summed E-state index contributed by atoms with van der Waals surface area (Å²) in [5.41, 5.74) is 4.37. The molecule has 1 aromatic rings. The van der Waals surface area contributed by atoms with Crippen molar-refractivity contribution in [3.63, 3.8) is 0 Å². The molecule has 1 aliphatic heterocycles. The van der Waals surface area contributed by atoms with Gasteiger partial charge in [0.25, 0.3) is 0 Å². The van der Waals surface area contributed by atoms with Gasteiger partial charge in [-0.1, -0.05) is 4.49 Å². The Labute approximate surface area is 60.6 Å². The summed E-state index contributed by atoms with van der Waals surface area (Å²) in [4.78, 5) is 0. The number of allylic oxidation sites excluding steroid dienone is 1. The van der Waals surface area contributed by atoms with Gasteiger partial charge in [0.1, 0.15) is 5.71 Å². The van der Waals surface area contributed by atoms with Gasteiger partial charge < -0.3 is 0 Å². The van der Waals surface area contributed by atoms with Gasteiger partial charge in [0.05, 0.1) is 6.20 Å². The van der Waals surface area contributed by atoms with Crippen LogP contribution in [-0.2, 0) is 0 Å². The molecule has 49 valence electrons. The lowest BCUT2D eigenvalue weighted by Gasteiger charge is -1.81. The minimum absolute atomic E-state index is 0.706. The summed E-state index contributed by atoms with van der Waals surface area (Å²) in [6, 6.07) is 0. The molecule has 1 aromatic heterocycles. The van der Waals surface area contributed by atoms with Crippen molar-refractivity contribution in [1.29, 1.82) is 0 Å². The largest absolute Gasteiger partial charge is 0.188 e. The van der Waals surface area contributed by atoms with Crippen LogP contribution in [0.5, 0.6) is 0 Å². The fraction of sp³-hybridized carbons (Fsp3) is 0. The highest BCUT2D eigenvalue weighted by molar-refractivity contribution is 7.07. The van der Waals surface area contributed by atoms with Gasteiger partial charge in [0, 0.05) is 11.5 Å². The smallest absolute Gasteiger partial charge is 0.158 e. The Kier molecular flexibility index (Phi) is 1.17. The highest BCUT2D eigenvalue weighted by Gasteiger charge is 2.07. The predicted molar refractivity (Wildman–Crippen MR) is 35.5 cm³/mol. The third-order valence-corrected chi connectivity index (χ3v) is 1.60. The lowest BCUT2D eigenvalue weighted by molar-refractivity contribution is 0.945. The van der Waals surface area contributed by atoms with Crippen LogP contribution in [0, 0.1) is 0 Å². The fourth-order valence-corrected chi connectivity index (χ4v) is 1.00. The van der Waals surface area contributed by atoms with Crippen LogP contribution in [0.15, 0.2) is 17.4 Å². The molecule has 0 bridgehead atoms. The van der Waals surface area contributed by atoms with Crippen LogP contribution in [-0.4, -0.2) is 20.5 Å². The molecule has 0 N–H and O–H groups in total. The Morgan fingerprint density at radius 2 is 2.40 bits per heavy atom. The molecule has 0 aromatic carbocycles. The Bertz CT molecular complexity index is 274. The second kappa shape index (κ2) is 2.14. The van der Waals surface area contributed by atoms with Gasteiger partial charge in [-0.3, -0.25) is 0 Å². The van der Waals surface area contributed by atoms with Crippen molar-refractivity contribution in [1.82, 2.24) is 20.2 Å². The average molecular weight is 152 g/mol. The van der Waals surface area contributed by atoms with Crippen LogP contribution in [0.25, 0.3) is 0 Å². The van der Waals surface area contributed by atoms with Crippen molar-refractivity contribution < 1.29 is 0 Å². The van der Waals surface area contributed by atoms with Gasteiger partial charge >= 0.3 is 0 Å². The first kappa shape index (κ1) is 5.48. The number of hydrogen-bond acceptors (Lipinski definition) is 5. The first-order valence-corrected chi connectivity index (χ1v) is 3.34. The first-order chi connectivity index (χ1) is 4.97. The third kappa shape index (κ3) is 0.781. The van der Waals surface area contributed by atoms with Gasteiger partial charge in [0.15, 0.2) is 5.01 Å². The summed E-state index contributed by atoms with van der Waals surface area (Å²) in [7, 11) is 0. The van der Waals surface area contributed by atoms with Crippen molar-refractivity contribution in [3.8, 4) is 0 Å². The standard InChI is InChI=1S/C4H2N5S/c1-2-5-6-3(1)4-7-8-9-10-4/h1-2H. The zero-order valence-corrected chi connectivity index (χ0v) is 5.62. The van der Waals surface area contributed by atoms with Crippen molar-refractivity contribution in [2.45, 2.75) is 0 Å². The van der Waals surface area contributed by atoms with E-state index in [1.54, 1.807) is 12.3 Å². The van der Waals surface area contributed by atoms with Gasteiger partial charge in [-0.2, -0.15) is 5.43 Å². The molecule has 0 atom stereocenters. The second-order valence-corrected chi connectivity index (χ2v) is 2.32. The molecular formula is C4H2N5S. The summed E-state index contributed by atoms with van der Waals surface area (Å²) >= 11 is 1.21. The molecule has 0 amide bonds. The van der Waals surface area contributed by atoms with Crippen LogP contribution in [0.4, 0.5) is 0 Å². The maximum Gasteiger partial charge on any atom is 0.188 e. The molecule has 5 nitrogen and oxygen atoms in total. The van der Waals surface area contributed by atoms with Crippen molar-refractivity contribution in [3.05, 3.63) is 17.3 Å². The molecule has 0 fully saturated rings. The number of hydrogen-bond donors (Lipinski definition) is 0. The van der Waals surface area contributed by atoms with E-state index in [0.29, 0.717) is 5.01 Å². The Balaban J connectivity index is 2.36. The summed E-state index contributed by atoms with van der Waals surface area (Å²) in [6.07, 6.45) is 3.37. The quantitative estimate of drug-likeness (QED) is 0.558. The molecule has 0 saturated carbocycles. The lowest BCUT2D eigenvalue weighted by atomic mass is 10.4. The van der Waals surface area contributed by atoms with Crippen LogP contribution in [0.2, 0.25) is 0 Å². The summed E-state index contributed by atoms with van der Waals surface area (Å²) in [5.74, 6) is 0. The molecule has 0 aliphatic carbocycles. The Morgan fingerprint density at radius 3 is 3.00 bits per heavy atom. The molecule has 0 saturated heterocycles. The zero-order valence-electron chi connectivity index (χ0n) is 4.80. The van der Waals surface area contributed by atoms with E-state index in [9.17, 15) is 0 Å². The Hall–Kier alpha value is -1.30. The topological polar surface area (TPSA) is 65.1 Å². The van der Waals surface area contributed by atoms with E-state index in [1.807, 2.05) is 0 Å². The maximum absolute atomic E-state index is 3.78. The molecule has 1 aliphatic rings. The maximum atomic E-state index is 3.78. The molecule has 6 heteroatoms. The summed E-state index contributed by atoms with van der Waals surface area (Å²) in [5, 5.41) is 11.6. The molecule has 0 unspecified atom stereocenters. The van der Waals surface area contributed by atoms with Gasteiger partial charge in [-0.15, -0.1) is 10.2 Å². The summed E-state index contributed by atoms with van der Waals surface area (Å²) < 4.78 is 3.59. The molecule has 2 heterocycles. The van der Waals surface area contributed by atoms with E-state index in [2.05, 4.69) is 25.3 Å². The number of aromatic nitrogens is 3. The van der Waals surface area contributed by atoms with Gasteiger partial charge in [-0.25, -0.2) is 0 Å². The highest BCUT2D eigenvalue weighted by atomic mass is 32.1. The van der Waals surface area contributed by atoms with E-state index in [1.165, 1.54) is 11.5 Å². The van der Waals surface area contributed by atoms with Gasteiger partial charge in [-0.05, 0) is 11.3 Å². The first-order valence-electron chi connectivity index (χ1n) is 2.56. The lowest BCUT2D eigenvalue weighted by Crippen LogP contribution is -1.92. The number of rotatable bonds is 1. The van der Waals surface area contributed by atoms with Crippen molar-refractivity contribution >= 4 is 17.2 Å². The van der Waals surface area contributed by atoms with Crippen molar-refractivity contribution in [2.75, 3.05) is 0 Å². The highest BCUT2D eigenvalue weighted by Crippen LogP contribution is 2.04. The molecule has 1 radical (unpaired) electrons. The molecule has 10 heavy (non-hydrogen) atoms. The van der Waals surface area contributed by atoms with E-state index in [4.69, 9.17) is 0 Å². The Morgan fingerprint density at radius 1 is 1.40 bits per heavy atom. The van der Waals surface area contributed by atoms with Crippen LogP contribution >= 0.6 is 11.5 Å². The second-order valence-electron chi connectivity index (χ2n) is 1.58. The van der Waals surface area contributed by atoms with Crippen molar-refractivity contribution in [2.24, 2.45) is 5.10 Å². The van der Waals surface area contributed by atoms with Crippen LogP contribution in [0.3, 0.4) is 0 Å². The van der Waals surface area contributed by atoms with E-state index in [-0.39, 0.29) is 0 Å². The van der Waals surface area contributed by atoms with Crippen LogP contribution < -0.4 is 5.43 Å². The van der Waals surface area contributed by atoms with Crippen LogP contribution in [0.1, 0.15) is 5.01 Å². The summed E-state index contributed by atoms with van der Waals surface area (Å²) in [6.45, 7) is 0. The fourth-order valence-electron chi connectivity index (χ4n) is 0.579. The molecule has 2 rings (SSSR count). The predicted octanol–water partition coefficient (Wildman–Crippen LogP) is -0.231. The average Bonchev–Trinajstić information content (AvgIpc) is 2.59. The van der Waals surface area contributed by atoms with E-state index < -0.39 is 0 Å². The van der Waals surface area contributed by atoms with Gasteiger partial charge in [0.2, 0.25) is 0 Å². The number of nitrogens with zero attached hydrogens (tertiary/aromatic N) is 5. The monoisotopic (exact) mass is 152 g/mol. The molecular weight excluding hydrogens is 150 g/mol. The minimum atomic E-state index is 0.706. The third-order valence-electron chi connectivity index (χ3n) is 0.983. The normalized spacial score (nSPS) is 15.0. The zero-order chi connectivity index (χ0) is 6.81. The minimum Gasteiger partial charge on any atom is -0.158 e. The van der Waals surface area contributed by atoms with E-state index in [0.717, 1.165) is 5.71 Å².